The summed E-state index contributed by atoms with van der Waals surface area (Å²) in [5, 5.41) is 1.27. The molecule has 2 heterocycles. The second-order valence-electron chi connectivity index (χ2n) is 6.20. The van der Waals surface area contributed by atoms with Gasteiger partial charge in [0.1, 0.15) is 6.10 Å². The van der Waals surface area contributed by atoms with Crippen molar-refractivity contribution >= 4 is 17.1 Å². The van der Waals surface area contributed by atoms with Crippen molar-refractivity contribution in [1.29, 1.82) is 0 Å². The van der Waals surface area contributed by atoms with Gasteiger partial charge in [-0.3, -0.25) is 4.90 Å². The van der Waals surface area contributed by atoms with Crippen molar-refractivity contribution in [2.75, 3.05) is 26.2 Å². The van der Waals surface area contributed by atoms with Crippen LogP contribution in [0.3, 0.4) is 0 Å². The highest BCUT2D eigenvalue weighted by Gasteiger charge is 2.30. The van der Waals surface area contributed by atoms with Crippen LogP contribution in [0.4, 0.5) is 4.79 Å². The third-order valence-corrected chi connectivity index (χ3v) is 4.58. The van der Waals surface area contributed by atoms with E-state index in [9.17, 15) is 4.79 Å². The molecule has 1 aliphatic rings. The van der Waals surface area contributed by atoms with E-state index in [0.29, 0.717) is 13.2 Å². The van der Waals surface area contributed by atoms with Crippen molar-refractivity contribution < 1.29 is 14.3 Å². The zero-order chi connectivity index (χ0) is 16.9. The van der Waals surface area contributed by atoms with Crippen LogP contribution in [-0.4, -0.2) is 54.4 Å². The standard InChI is InChI=1S/C18H25N3O3/c1-2-23-18(22)24-17-12-21(10-8-15(17)19)9-7-13-11-20-16-6-4-3-5-14(13)16/h3-6,11,15,17,20H,2,7-10,12,19H2,1H3/t15-,17+/m1/s1. The molecule has 24 heavy (non-hydrogen) atoms. The Morgan fingerprint density at radius 1 is 1.42 bits per heavy atom. The first kappa shape index (κ1) is 16.8. The van der Waals surface area contributed by atoms with Gasteiger partial charge in [-0.05, 0) is 37.9 Å². The number of para-hydroxylation sites is 1. The number of carbonyl (C=O) groups is 1. The molecule has 1 saturated heterocycles. The molecule has 0 bridgehead atoms. The Balaban J connectivity index is 1.56. The molecule has 0 saturated carbocycles. The summed E-state index contributed by atoms with van der Waals surface area (Å²) < 4.78 is 10.2. The van der Waals surface area contributed by atoms with Crippen LogP contribution >= 0.6 is 0 Å². The fourth-order valence-corrected chi connectivity index (χ4v) is 3.22. The van der Waals surface area contributed by atoms with Crippen molar-refractivity contribution in [1.82, 2.24) is 9.88 Å². The monoisotopic (exact) mass is 331 g/mol. The Morgan fingerprint density at radius 3 is 3.08 bits per heavy atom. The first-order valence-electron chi connectivity index (χ1n) is 8.53. The van der Waals surface area contributed by atoms with Crippen molar-refractivity contribution in [3.63, 3.8) is 0 Å². The lowest BCUT2D eigenvalue weighted by atomic mass is 10.0. The number of aromatic amines is 1. The topological polar surface area (TPSA) is 80.6 Å². The van der Waals surface area contributed by atoms with Crippen LogP contribution < -0.4 is 5.73 Å². The highest BCUT2D eigenvalue weighted by atomic mass is 16.7. The highest BCUT2D eigenvalue weighted by Crippen LogP contribution is 2.19. The fourth-order valence-electron chi connectivity index (χ4n) is 3.22. The molecule has 2 aromatic rings. The van der Waals surface area contributed by atoms with Gasteiger partial charge in [0, 0.05) is 36.2 Å². The molecule has 0 radical (unpaired) electrons. The van der Waals surface area contributed by atoms with E-state index in [0.717, 1.165) is 31.4 Å². The molecule has 0 unspecified atom stereocenters. The predicted octanol–water partition coefficient (Wildman–Crippen LogP) is 2.29. The number of fused-ring (bicyclic) bond motifs is 1. The lowest BCUT2D eigenvalue weighted by Crippen LogP contribution is -2.52. The molecule has 1 aliphatic heterocycles. The van der Waals surface area contributed by atoms with Crippen LogP contribution in [0.1, 0.15) is 18.9 Å². The number of H-pyrrole nitrogens is 1. The fraction of sp³-hybridized carbons (Fsp3) is 0.500. The minimum atomic E-state index is -0.628. The van der Waals surface area contributed by atoms with Crippen LogP contribution in [0.25, 0.3) is 10.9 Å². The van der Waals surface area contributed by atoms with E-state index < -0.39 is 6.16 Å². The Bertz CT molecular complexity index is 685. The third kappa shape index (κ3) is 3.88. The van der Waals surface area contributed by atoms with Gasteiger partial charge in [-0.25, -0.2) is 4.79 Å². The lowest BCUT2D eigenvalue weighted by Gasteiger charge is -2.35. The molecule has 6 heteroatoms. The summed E-state index contributed by atoms with van der Waals surface area (Å²) in [6.45, 7) is 4.56. The smallest absolute Gasteiger partial charge is 0.435 e. The molecule has 2 atom stereocenters. The van der Waals surface area contributed by atoms with Gasteiger partial charge in [-0.1, -0.05) is 18.2 Å². The number of carbonyl (C=O) groups excluding carboxylic acids is 1. The Kier molecular flexibility index (Phi) is 5.37. The number of piperidine rings is 1. The predicted molar refractivity (Wildman–Crippen MR) is 92.9 cm³/mol. The second-order valence-corrected chi connectivity index (χ2v) is 6.20. The quantitative estimate of drug-likeness (QED) is 0.822. The average Bonchev–Trinajstić information content (AvgIpc) is 2.99. The number of nitrogens with zero attached hydrogens (tertiary/aromatic N) is 1. The van der Waals surface area contributed by atoms with Gasteiger partial charge < -0.3 is 20.2 Å². The van der Waals surface area contributed by atoms with E-state index in [-0.39, 0.29) is 12.1 Å². The molecule has 3 N–H and O–H groups in total. The van der Waals surface area contributed by atoms with Gasteiger partial charge in [0.05, 0.1) is 6.61 Å². The maximum absolute atomic E-state index is 11.5. The van der Waals surface area contributed by atoms with Crippen LogP contribution in [-0.2, 0) is 15.9 Å². The van der Waals surface area contributed by atoms with E-state index >= 15 is 0 Å². The van der Waals surface area contributed by atoms with E-state index in [1.54, 1.807) is 6.92 Å². The minimum Gasteiger partial charge on any atom is -0.435 e. The molecule has 3 rings (SSSR count). The van der Waals surface area contributed by atoms with Gasteiger partial charge in [-0.15, -0.1) is 0 Å². The third-order valence-electron chi connectivity index (χ3n) is 4.58. The number of hydrogen-bond acceptors (Lipinski definition) is 5. The number of aromatic nitrogens is 1. The molecule has 0 amide bonds. The molecular formula is C18H25N3O3. The Labute approximate surface area is 141 Å². The van der Waals surface area contributed by atoms with E-state index in [2.05, 4.69) is 34.3 Å². The normalized spacial score (nSPS) is 21.8. The molecule has 1 aromatic carbocycles. The zero-order valence-electron chi connectivity index (χ0n) is 14.0. The van der Waals surface area contributed by atoms with Crippen molar-refractivity contribution in [3.05, 3.63) is 36.0 Å². The largest absolute Gasteiger partial charge is 0.508 e. The molecule has 0 spiro atoms. The molecule has 6 nitrogen and oxygen atoms in total. The number of ether oxygens (including phenoxy) is 2. The van der Waals surface area contributed by atoms with E-state index in [4.69, 9.17) is 15.2 Å². The van der Waals surface area contributed by atoms with E-state index in [1.165, 1.54) is 10.9 Å². The summed E-state index contributed by atoms with van der Waals surface area (Å²) in [6, 6.07) is 8.19. The van der Waals surface area contributed by atoms with E-state index in [1.807, 2.05) is 6.07 Å². The zero-order valence-corrected chi connectivity index (χ0v) is 14.0. The average molecular weight is 331 g/mol. The molecule has 1 fully saturated rings. The Morgan fingerprint density at radius 2 is 2.25 bits per heavy atom. The molecule has 0 aliphatic carbocycles. The minimum absolute atomic E-state index is 0.126. The summed E-state index contributed by atoms with van der Waals surface area (Å²) in [4.78, 5) is 17.1. The van der Waals surface area contributed by atoms with Gasteiger partial charge in [0.25, 0.3) is 0 Å². The number of nitrogens with two attached hydrogens (primary N) is 1. The van der Waals surface area contributed by atoms with Gasteiger partial charge in [-0.2, -0.15) is 0 Å². The molecule has 130 valence electrons. The highest BCUT2D eigenvalue weighted by molar-refractivity contribution is 5.83. The van der Waals surface area contributed by atoms with Gasteiger partial charge in [0.15, 0.2) is 0 Å². The first-order chi connectivity index (χ1) is 11.7. The summed E-state index contributed by atoms with van der Waals surface area (Å²) in [7, 11) is 0. The van der Waals surface area contributed by atoms with Crippen molar-refractivity contribution in [2.24, 2.45) is 5.73 Å². The van der Waals surface area contributed by atoms with Crippen LogP contribution in [0.5, 0.6) is 0 Å². The van der Waals surface area contributed by atoms with Crippen molar-refractivity contribution in [2.45, 2.75) is 31.9 Å². The number of likely N-dealkylation sites (tertiary alicyclic amines) is 1. The van der Waals surface area contributed by atoms with Crippen LogP contribution in [0, 0.1) is 0 Å². The van der Waals surface area contributed by atoms with Crippen LogP contribution in [0.15, 0.2) is 30.5 Å². The summed E-state index contributed by atoms with van der Waals surface area (Å²) >= 11 is 0. The maximum atomic E-state index is 11.5. The first-order valence-corrected chi connectivity index (χ1v) is 8.53. The van der Waals surface area contributed by atoms with Gasteiger partial charge in [0.2, 0.25) is 0 Å². The SMILES string of the molecule is CCOC(=O)O[C@H]1CN(CCc2c[nH]c3ccccc23)CC[C@H]1N. The maximum Gasteiger partial charge on any atom is 0.508 e. The Hall–Kier alpha value is -2.05. The number of hydrogen-bond donors (Lipinski definition) is 2. The molecule has 1 aromatic heterocycles. The summed E-state index contributed by atoms with van der Waals surface area (Å²) in [6.07, 6.45) is 2.91. The number of nitrogens with one attached hydrogen (secondary N) is 1. The van der Waals surface area contributed by atoms with Crippen molar-refractivity contribution in [3.8, 4) is 0 Å². The second kappa shape index (κ2) is 7.68. The van der Waals surface area contributed by atoms with Crippen LogP contribution in [0.2, 0.25) is 0 Å². The number of benzene rings is 1. The van der Waals surface area contributed by atoms with Gasteiger partial charge >= 0.3 is 6.16 Å². The molecular weight excluding hydrogens is 306 g/mol. The lowest BCUT2D eigenvalue weighted by molar-refractivity contribution is -0.0117. The number of rotatable bonds is 5. The summed E-state index contributed by atoms with van der Waals surface area (Å²) in [5.74, 6) is 0. The summed E-state index contributed by atoms with van der Waals surface area (Å²) in [5.41, 5.74) is 8.56.